The first-order valence-corrected chi connectivity index (χ1v) is 8.75. The largest absolute Gasteiger partial charge is 0.489 e. The van der Waals surface area contributed by atoms with E-state index in [1.165, 1.54) is 0 Å². The van der Waals surface area contributed by atoms with Crippen LogP contribution in [-0.2, 0) is 6.54 Å². The third-order valence-electron chi connectivity index (χ3n) is 4.41. The lowest BCUT2D eigenvalue weighted by atomic mass is 10.0. The van der Waals surface area contributed by atoms with Crippen LogP contribution in [0.3, 0.4) is 0 Å². The van der Waals surface area contributed by atoms with Crippen LogP contribution in [0.25, 0.3) is 0 Å². The molecule has 1 aromatic rings. The predicted molar refractivity (Wildman–Crippen MR) is 97.6 cm³/mol. The molecule has 0 radical (unpaired) electrons. The summed E-state index contributed by atoms with van der Waals surface area (Å²) in [5, 5.41) is 13.6. The fourth-order valence-electron chi connectivity index (χ4n) is 3.26. The van der Waals surface area contributed by atoms with Gasteiger partial charge in [-0.1, -0.05) is 17.7 Å². The number of hydrogen-bond acceptors (Lipinski definition) is 4. The van der Waals surface area contributed by atoms with Gasteiger partial charge >= 0.3 is 0 Å². The monoisotopic (exact) mass is 362 g/mol. The lowest BCUT2D eigenvalue weighted by Crippen LogP contribution is -2.38. The third kappa shape index (κ3) is 3.39. The number of rotatable bonds is 4. The molecule has 3 rings (SSSR count). The zero-order valence-electron chi connectivity index (χ0n) is 14.9. The zero-order valence-corrected chi connectivity index (χ0v) is 15.6. The number of allylic oxidation sites excluding steroid dienone is 3. The molecule has 1 unspecified atom stereocenters. The van der Waals surface area contributed by atoms with E-state index in [0.717, 1.165) is 22.4 Å². The van der Waals surface area contributed by atoms with Crippen molar-refractivity contribution in [3.8, 4) is 5.75 Å². The topological polar surface area (TPSA) is 61.8 Å². The minimum absolute atomic E-state index is 0.0190. The van der Waals surface area contributed by atoms with Crippen LogP contribution in [0.1, 0.15) is 43.6 Å². The number of benzene rings is 1. The lowest BCUT2D eigenvalue weighted by molar-refractivity contribution is 0.0776. The van der Waals surface area contributed by atoms with Crippen LogP contribution in [-0.4, -0.2) is 34.8 Å². The fourth-order valence-corrected chi connectivity index (χ4v) is 3.57. The quantitative estimate of drug-likeness (QED) is 0.863. The van der Waals surface area contributed by atoms with Gasteiger partial charge in [-0.05, 0) is 51.0 Å². The van der Waals surface area contributed by atoms with Gasteiger partial charge in [-0.2, -0.15) is 0 Å². The summed E-state index contributed by atoms with van der Waals surface area (Å²) in [7, 11) is 0. The maximum Gasteiger partial charge on any atom is 0.256 e. The molecule has 6 heteroatoms. The molecule has 0 aromatic heterocycles. The highest BCUT2D eigenvalue weighted by Crippen LogP contribution is 2.37. The Bertz CT molecular complexity index is 783. The molecule has 0 aliphatic carbocycles. The number of dihydropyridines is 1. The molecule has 0 spiro atoms. The number of aliphatic hydroxyl groups is 1. The average molecular weight is 363 g/mol. The summed E-state index contributed by atoms with van der Waals surface area (Å²) in [5.41, 5.74) is 4.06. The van der Waals surface area contributed by atoms with E-state index in [0.29, 0.717) is 29.4 Å². The van der Waals surface area contributed by atoms with Crippen LogP contribution in [0.15, 0.2) is 35.1 Å². The second-order valence-corrected chi connectivity index (χ2v) is 7.20. The predicted octanol–water partition coefficient (Wildman–Crippen LogP) is 3.22. The Labute approximate surface area is 152 Å². The van der Waals surface area contributed by atoms with Gasteiger partial charge in [0.05, 0.1) is 16.7 Å². The summed E-state index contributed by atoms with van der Waals surface area (Å²) in [6, 6.07) is 3.70. The van der Waals surface area contributed by atoms with Crippen molar-refractivity contribution >= 4 is 17.5 Å². The van der Waals surface area contributed by atoms with E-state index >= 15 is 0 Å². The Balaban J connectivity index is 1.86. The van der Waals surface area contributed by atoms with Crippen LogP contribution in [0.4, 0.5) is 0 Å². The summed E-state index contributed by atoms with van der Waals surface area (Å²) in [4.78, 5) is 14.6. The van der Waals surface area contributed by atoms with E-state index in [2.05, 4.69) is 5.32 Å². The Hall–Kier alpha value is -1.98. The van der Waals surface area contributed by atoms with Crippen molar-refractivity contribution in [2.75, 3.05) is 6.54 Å². The first-order chi connectivity index (χ1) is 11.8. The van der Waals surface area contributed by atoms with Crippen molar-refractivity contribution < 1.29 is 14.6 Å². The molecule has 2 heterocycles. The maximum atomic E-state index is 12.9. The van der Waals surface area contributed by atoms with Gasteiger partial charge in [0.2, 0.25) is 0 Å². The molecule has 0 fully saturated rings. The molecular weight excluding hydrogens is 340 g/mol. The number of nitrogens with one attached hydrogen (secondary N) is 1. The van der Waals surface area contributed by atoms with E-state index in [1.54, 1.807) is 4.90 Å². The van der Waals surface area contributed by atoms with Crippen molar-refractivity contribution in [1.29, 1.82) is 0 Å². The smallest absolute Gasteiger partial charge is 0.256 e. The molecule has 1 aromatic carbocycles. The molecule has 2 aliphatic heterocycles. The number of nitrogens with zero attached hydrogens (tertiary/aromatic N) is 1. The van der Waals surface area contributed by atoms with Gasteiger partial charge in [0, 0.05) is 24.4 Å². The lowest BCUT2D eigenvalue weighted by Gasteiger charge is -2.27. The molecule has 2 N–H and O–H groups in total. The highest BCUT2D eigenvalue weighted by atomic mass is 35.5. The summed E-state index contributed by atoms with van der Waals surface area (Å²) >= 11 is 6.42. The van der Waals surface area contributed by atoms with Gasteiger partial charge < -0.3 is 20.1 Å². The number of carbonyl (C=O) groups excluding carboxylic acids is 1. The maximum absolute atomic E-state index is 12.9. The normalized spacial score (nSPS) is 20.0. The summed E-state index contributed by atoms with van der Waals surface area (Å²) in [5.74, 6) is 0.395. The zero-order chi connectivity index (χ0) is 18.3. The molecule has 5 nitrogen and oxygen atoms in total. The summed E-state index contributed by atoms with van der Waals surface area (Å²) in [6.45, 7) is 8.50. The number of aliphatic hydroxyl groups excluding tert-OH is 1. The van der Waals surface area contributed by atoms with Gasteiger partial charge in [0.1, 0.15) is 12.0 Å². The molecule has 1 atom stereocenters. The molecule has 25 heavy (non-hydrogen) atoms. The van der Waals surface area contributed by atoms with Crippen LogP contribution in [0, 0.1) is 0 Å². The molecule has 0 bridgehead atoms. The van der Waals surface area contributed by atoms with Gasteiger partial charge in [0.15, 0.2) is 0 Å². The number of halogens is 1. The van der Waals surface area contributed by atoms with E-state index in [-0.39, 0.29) is 12.0 Å². The van der Waals surface area contributed by atoms with Gasteiger partial charge in [0.25, 0.3) is 5.91 Å². The minimum atomic E-state index is -0.781. The first-order valence-electron chi connectivity index (χ1n) is 8.37. The highest BCUT2D eigenvalue weighted by Gasteiger charge is 2.33. The van der Waals surface area contributed by atoms with E-state index in [4.69, 9.17) is 16.3 Å². The molecule has 0 saturated heterocycles. The van der Waals surface area contributed by atoms with Crippen LogP contribution in [0.5, 0.6) is 5.75 Å². The number of ether oxygens (including phenoxy) is 1. The molecule has 0 saturated carbocycles. The number of hydrogen-bond donors (Lipinski definition) is 2. The van der Waals surface area contributed by atoms with E-state index < -0.39 is 6.23 Å². The molecule has 134 valence electrons. The van der Waals surface area contributed by atoms with Crippen molar-refractivity contribution in [2.24, 2.45) is 0 Å². The SMILES string of the molecule is CC1=CC(C)=C(CN2Cc3ccc(OC(C)C)c(Cl)c3C2=O)C(O)N1. The van der Waals surface area contributed by atoms with Gasteiger partial charge in [-0.15, -0.1) is 0 Å². The molecule has 1 amide bonds. The van der Waals surface area contributed by atoms with Crippen molar-refractivity contribution in [2.45, 2.75) is 46.6 Å². The standard InChI is InChI=1S/C19H23ClN2O3/c1-10(2)25-15-6-5-13-8-22(19(24)16(13)17(15)20)9-14-11(3)7-12(4)21-18(14)23/h5-7,10,18,21,23H,8-9H2,1-4H3. The average Bonchev–Trinajstić information content (AvgIpc) is 2.82. The Morgan fingerprint density at radius 2 is 2.12 bits per heavy atom. The van der Waals surface area contributed by atoms with Crippen molar-refractivity contribution in [3.63, 3.8) is 0 Å². The van der Waals surface area contributed by atoms with Crippen LogP contribution < -0.4 is 10.1 Å². The molecule has 2 aliphatic rings. The van der Waals surface area contributed by atoms with Crippen LogP contribution >= 0.6 is 11.6 Å². The van der Waals surface area contributed by atoms with Crippen molar-refractivity contribution in [3.05, 3.63) is 51.2 Å². The third-order valence-corrected chi connectivity index (χ3v) is 4.79. The number of amides is 1. The second kappa shape index (κ2) is 6.73. The minimum Gasteiger partial charge on any atom is -0.489 e. The van der Waals surface area contributed by atoms with Gasteiger partial charge in [-0.25, -0.2) is 0 Å². The van der Waals surface area contributed by atoms with Crippen molar-refractivity contribution in [1.82, 2.24) is 10.2 Å². The summed E-state index contributed by atoms with van der Waals surface area (Å²) < 4.78 is 5.68. The Morgan fingerprint density at radius 1 is 1.40 bits per heavy atom. The molecular formula is C19H23ClN2O3. The van der Waals surface area contributed by atoms with E-state index in [1.807, 2.05) is 45.9 Å². The Morgan fingerprint density at radius 3 is 2.76 bits per heavy atom. The highest BCUT2D eigenvalue weighted by molar-refractivity contribution is 6.35. The second-order valence-electron chi connectivity index (χ2n) is 6.82. The first kappa shape index (κ1) is 17.8. The van der Waals surface area contributed by atoms with Gasteiger partial charge in [-0.3, -0.25) is 4.79 Å². The fraction of sp³-hybridized carbons (Fsp3) is 0.421. The van der Waals surface area contributed by atoms with E-state index in [9.17, 15) is 9.90 Å². The number of carbonyl (C=O) groups is 1. The number of fused-ring (bicyclic) bond motifs is 1. The Kier molecular flexibility index (Phi) is 4.80. The summed E-state index contributed by atoms with van der Waals surface area (Å²) in [6.07, 6.45) is 1.17. The van der Waals surface area contributed by atoms with Crippen LogP contribution in [0.2, 0.25) is 5.02 Å².